The minimum Gasteiger partial charge on any atom is -0.508 e. The van der Waals surface area contributed by atoms with Crippen LogP contribution in [0.25, 0.3) is 0 Å². The smallest absolute Gasteiger partial charge is 0.326 e. The van der Waals surface area contributed by atoms with Gasteiger partial charge >= 0.3 is 23.9 Å². The van der Waals surface area contributed by atoms with E-state index in [1.54, 1.807) is 31.4 Å². The normalized spacial score (nSPS) is 15.7. The van der Waals surface area contributed by atoms with E-state index in [9.17, 15) is 142 Å². The number of benzene rings is 3. The van der Waals surface area contributed by atoms with Crippen molar-refractivity contribution in [1.29, 1.82) is 5.41 Å². The first kappa shape index (κ1) is 119. The Bertz CT molecular complexity index is 4910. The van der Waals surface area contributed by atoms with Crippen molar-refractivity contribution in [3.63, 3.8) is 0 Å². The Morgan fingerprint density at radius 3 is 1.32 bits per heavy atom. The summed E-state index contributed by atoms with van der Waals surface area (Å²) in [6.45, 7) is 2.85. The lowest BCUT2D eigenvalue weighted by atomic mass is 9.96. The molecule has 0 spiro atoms. The fourth-order valence-electron chi connectivity index (χ4n) is 14.3. The van der Waals surface area contributed by atoms with Gasteiger partial charge in [-0.1, -0.05) is 74.9 Å². The van der Waals surface area contributed by atoms with E-state index >= 15 is 4.79 Å². The standard InChI is InChI=1S/C88H129N23O30S/c1-6-43(2)70(108-81(134)60(40-69(124)125)106-84(137)71(44(3)112)109-73(126)51(90)34-47-19-23-49(114)24-20-47)83(136)101-53(16-10-11-30-89)76(129)103-56(36-48-21-25-50(115)26-22-48)77(130)107-61(38-64(92)117)86(139)111-32-13-18-62(111)82(135)104-57(35-46-14-8-7-9-15-46)80(133)110-72(45(4)113)85(138)105-59(39-68(122)123)79(132)100-52(17-12-31-95-88(93)94)74(127)96-41-65(118)98-54(27-28-67(120)121)75(128)97-42-66(119)99-58(37-63(91)116)78(131)102-55(87(140)141)29-33-142-5/h7-9,14-15,19-26,43-45,51-62,70-72,112-115H,6,10-13,16-18,27-42,89-90H2,1-5H3,(H2,91,116)(H2,92,117)(H,96,127)(H,97,128)(H,98,118)(H,99,119)(H,100,132)(H,101,136)(H,102,131)(H,103,129)(H,104,135)(H,105,138)(H,106,137)(H,107,130)(H,108,134)(H,109,126)(H,110,133)(H,120,121)(H,122,123)(H,124,125)(H,140,141)(H4,93,94,95)/t43-,44+,45+,51-,52-,53-,54-,55-,56-,57-,58-,59-,60-,61-,62-,70-,71-,72-/m0/s1. The molecule has 4 rings (SSSR count). The van der Waals surface area contributed by atoms with Crippen molar-refractivity contribution in [2.75, 3.05) is 44.7 Å². The van der Waals surface area contributed by atoms with Crippen LogP contribution < -0.4 is 114 Å². The van der Waals surface area contributed by atoms with Gasteiger partial charge in [0.2, 0.25) is 106 Å². The van der Waals surface area contributed by atoms with E-state index in [0.29, 0.717) is 11.1 Å². The summed E-state index contributed by atoms with van der Waals surface area (Å²) in [4.78, 5) is 300. The minimum atomic E-state index is -2.19. The number of guanidine groups is 1. The molecule has 18 atom stereocenters. The molecular formula is C88H129N23O30S. The summed E-state index contributed by atoms with van der Waals surface area (Å²) in [6.07, 6.45) is -8.92. The van der Waals surface area contributed by atoms with Crippen molar-refractivity contribution in [3.8, 4) is 11.5 Å². The average Bonchev–Trinajstić information content (AvgIpc) is 1.62. The van der Waals surface area contributed by atoms with E-state index in [1.165, 1.54) is 79.3 Å². The van der Waals surface area contributed by atoms with Gasteiger partial charge in [-0.2, -0.15) is 11.8 Å². The van der Waals surface area contributed by atoms with Crippen LogP contribution in [0.5, 0.6) is 11.5 Å². The molecule has 18 amide bonds. The van der Waals surface area contributed by atoms with Gasteiger partial charge in [0, 0.05) is 32.4 Å². The molecule has 0 saturated carbocycles. The number of aliphatic hydroxyl groups is 2. The number of rotatable bonds is 64. The lowest BCUT2D eigenvalue weighted by molar-refractivity contribution is -0.143. The van der Waals surface area contributed by atoms with Crippen LogP contribution in [0.2, 0.25) is 0 Å². The van der Waals surface area contributed by atoms with Crippen LogP contribution in [0.15, 0.2) is 78.9 Å². The van der Waals surface area contributed by atoms with Crippen molar-refractivity contribution in [2.24, 2.45) is 34.6 Å². The van der Waals surface area contributed by atoms with Crippen LogP contribution >= 0.6 is 11.8 Å². The third-order valence-corrected chi connectivity index (χ3v) is 22.7. The number of nitrogens with two attached hydrogens (primary N) is 5. The Morgan fingerprint density at radius 2 is 0.831 bits per heavy atom. The summed E-state index contributed by atoms with van der Waals surface area (Å²) in [6, 6.07) is -7.89. The molecule has 142 heavy (non-hydrogen) atoms. The van der Waals surface area contributed by atoms with E-state index in [2.05, 4.69) is 85.1 Å². The molecule has 782 valence electrons. The first-order chi connectivity index (χ1) is 66.9. The fourth-order valence-corrected chi connectivity index (χ4v) is 14.8. The second kappa shape index (κ2) is 60.8. The molecule has 1 fully saturated rings. The highest BCUT2D eigenvalue weighted by Gasteiger charge is 2.44. The number of nitrogens with one attached hydrogen (secondary N) is 17. The first-order valence-electron chi connectivity index (χ1n) is 45.2. The van der Waals surface area contributed by atoms with Crippen LogP contribution in [0.4, 0.5) is 0 Å². The highest BCUT2D eigenvalue weighted by Crippen LogP contribution is 2.23. The minimum absolute atomic E-state index is 0.0553. The Morgan fingerprint density at radius 1 is 0.430 bits per heavy atom. The Balaban J connectivity index is 1.60. The van der Waals surface area contributed by atoms with Crippen LogP contribution in [-0.4, -0.2) is 329 Å². The SMILES string of the molecule is CC[C@H](C)[C@H](NC(=O)[C@H](CC(=O)O)NC(=O)[C@@H](NC(=O)[C@@H](N)Cc1ccc(O)cc1)[C@@H](C)O)C(=O)N[C@@H](CCCCN)C(=O)N[C@@H](Cc1ccc(O)cc1)C(=O)N[C@@H](CC(N)=O)C(=O)N1CCC[C@H]1C(=O)N[C@@H](Cc1ccccc1)C(=O)N[C@H](C(=O)N[C@@H](CC(=O)O)C(=O)N[C@@H](CCCNC(=N)N)C(=O)NCC(=O)N[C@@H](CCC(=O)O)C(=O)NCC(=O)N[C@@H](CC(N)=O)C(=O)N[C@@H](CCSC)C(=O)O)[C@@H](C)O. The molecule has 3 aromatic carbocycles. The Kier molecular flexibility index (Phi) is 51.1. The number of phenolic OH excluding ortho intramolecular Hbond substituents is 2. The maximum absolute atomic E-state index is 15.0. The number of hydrogen-bond donors (Lipinski definition) is 30. The monoisotopic (exact) mass is 2020 g/mol. The largest absolute Gasteiger partial charge is 0.508 e. The van der Waals surface area contributed by atoms with Gasteiger partial charge < -0.3 is 159 Å². The summed E-state index contributed by atoms with van der Waals surface area (Å²) in [5.41, 5.74) is 29.5. The number of aromatic hydroxyl groups is 2. The van der Waals surface area contributed by atoms with Gasteiger partial charge in [0.05, 0.1) is 57.0 Å². The molecule has 1 saturated heterocycles. The third-order valence-electron chi connectivity index (χ3n) is 22.1. The number of carboxylic acid groups (broad SMARTS) is 4. The number of thioether (sulfide) groups is 1. The van der Waals surface area contributed by atoms with E-state index < -0.39 is 316 Å². The lowest BCUT2D eigenvalue weighted by Gasteiger charge is -2.31. The second-order valence-electron chi connectivity index (χ2n) is 33.6. The topological polar surface area (TPSA) is 887 Å². The van der Waals surface area contributed by atoms with Gasteiger partial charge in [-0.05, 0) is 143 Å². The van der Waals surface area contributed by atoms with Gasteiger partial charge in [-0.3, -0.25) is 106 Å². The molecule has 0 radical (unpaired) electrons. The van der Waals surface area contributed by atoms with Crippen molar-refractivity contribution < 1.29 is 146 Å². The molecule has 0 aliphatic carbocycles. The van der Waals surface area contributed by atoms with E-state index in [1.807, 2.05) is 0 Å². The van der Waals surface area contributed by atoms with Crippen LogP contribution in [0, 0.1) is 11.3 Å². The predicted molar refractivity (Wildman–Crippen MR) is 502 cm³/mol. The van der Waals surface area contributed by atoms with Crippen molar-refractivity contribution in [1.82, 2.24) is 90.0 Å². The number of primary amides is 2. The van der Waals surface area contributed by atoms with Gasteiger partial charge in [0.25, 0.3) is 0 Å². The molecule has 53 nitrogen and oxygen atoms in total. The molecule has 0 unspecified atom stereocenters. The zero-order valence-corrected chi connectivity index (χ0v) is 79.5. The Labute approximate surface area is 818 Å². The van der Waals surface area contributed by atoms with Gasteiger partial charge in [-0.15, -0.1) is 0 Å². The van der Waals surface area contributed by atoms with Gasteiger partial charge in [-0.25, -0.2) is 4.79 Å². The van der Waals surface area contributed by atoms with Crippen molar-refractivity contribution in [2.45, 2.75) is 246 Å². The third kappa shape index (κ3) is 42.8. The van der Waals surface area contributed by atoms with E-state index in [4.69, 9.17) is 34.1 Å². The number of nitrogens with zero attached hydrogens (tertiary/aromatic N) is 1. The zero-order valence-electron chi connectivity index (χ0n) is 78.7. The number of unbranched alkanes of at least 4 members (excludes halogenated alkanes) is 1. The van der Waals surface area contributed by atoms with Gasteiger partial charge in [0.1, 0.15) is 96.1 Å². The number of carbonyl (C=O) groups is 22. The van der Waals surface area contributed by atoms with Crippen LogP contribution in [0.1, 0.15) is 141 Å². The number of amides is 18. The highest BCUT2D eigenvalue weighted by atomic mass is 32.2. The molecule has 35 N–H and O–H groups in total. The summed E-state index contributed by atoms with van der Waals surface area (Å²) >= 11 is 1.26. The number of carboxylic acids is 4. The summed E-state index contributed by atoms with van der Waals surface area (Å²) in [7, 11) is 0. The van der Waals surface area contributed by atoms with E-state index in [-0.39, 0.29) is 100 Å². The molecule has 54 heteroatoms. The predicted octanol–water partition coefficient (Wildman–Crippen LogP) is -9.42. The Hall–Kier alpha value is -14.9. The number of carbonyl (C=O) groups excluding carboxylic acids is 18. The molecular weight excluding hydrogens is 1890 g/mol. The molecule has 1 heterocycles. The second-order valence-corrected chi connectivity index (χ2v) is 34.6. The molecule has 3 aromatic rings. The summed E-state index contributed by atoms with van der Waals surface area (Å²) < 4.78 is 0. The maximum Gasteiger partial charge on any atom is 0.326 e. The van der Waals surface area contributed by atoms with E-state index in [0.717, 1.165) is 18.7 Å². The quantitative estimate of drug-likeness (QED) is 0.0142. The van der Waals surface area contributed by atoms with Gasteiger partial charge in [0.15, 0.2) is 5.96 Å². The van der Waals surface area contributed by atoms with Crippen LogP contribution in [0.3, 0.4) is 0 Å². The maximum atomic E-state index is 15.0. The molecule has 1 aliphatic heterocycles. The number of likely N-dealkylation sites (tertiary alicyclic amines) is 1. The zero-order chi connectivity index (χ0) is 106. The fraction of sp³-hybridized carbons (Fsp3) is 0.534. The first-order valence-corrected chi connectivity index (χ1v) is 46.6. The summed E-state index contributed by atoms with van der Waals surface area (Å²) in [5, 5.41) is 125. The van der Waals surface area contributed by atoms with Crippen molar-refractivity contribution in [3.05, 3.63) is 95.6 Å². The van der Waals surface area contributed by atoms with Crippen LogP contribution in [-0.2, 0) is 125 Å². The molecule has 0 aromatic heterocycles. The summed E-state index contributed by atoms with van der Waals surface area (Å²) in [5.74, 6) is -28.9. The number of phenols is 2. The average molecular weight is 2020 g/mol. The number of hydrogen-bond acceptors (Lipinski definition) is 30. The number of aliphatic carboxylic acids is 4. The number of aliphatic hydroxyl groups excluding tert-OH is 2. The molecule has 1 aliphatic rings. The van der Waals surface area contributed by atoms with Crippen molar-refractivity contribution >= 4 is 148 Å². The molecule has 0 bridgehead atoms. The highest BCUT2D eigenvalue weighted by molar-refractivity contribution is 7.98. The lowest BCUT2D eigenvalue weighted by Crippen LogP contribution is -2.62.